The first-order chi connectivity index (χ1) is 5.97. The second kappa shape index (κ2) is 3.55. The van der Waals surface area contributed by atoms with E-state index in [-0.39, 0.29) is 5.54 Å². The molecule has 0 aromatic rings. The van der Waals surface area contributed by atoms with E-state index >= 15 is 0 Å². The van der Waals surface area contributed by atoms with Crippen LogP contribution in [0.1, 0.15) is 27.7 Å². The third-order valence-electron chi connectivity index (χ3n) is 2.73. The third-order valence-corrected chi connectivity index (χ3v) is 2.73. The van der Waals surface area contributed by atoms with Crippen molar-refractivity contribution in [3.63, 3.8) is 0 Å². The lowest BCUT2D eigenvalue weighted by molar-refractivity contribution is 0.0193. The van der Waals surface area contributed by atoms with Crippen LogP contribution in [0.5, 0.6) is 0 Å². The Morgan fingerprint density at radius 1 is 1.31 bits per heavy atom. The van der Waals surface area contributed by atoms with Crippen LogP contribution in [-0.2, 0) is 0 Å². The van der Waals surface area contributed by atoms with Crippen LogP contribution in [0.25, 0.3) is 0 Å². The second-order valence-corrected chi connectivity index (χ2v) is 4.62. The first-order valence-corrected chi connectivity index (χ1v) is 4.89. The topological polar surface area (TPSA) is 30.3 Å². The number of rotatable bonds is 1. The van der Waals surface area contributed by atoms with Crippen molar-refractivity contribution in [3.8, 4) is 6.19 Å². The molecule has 1 rings (SSSR count). The molecular weight excluding hydrogens is 162 g/mol. The molecule has 0 atom stereocenters. The first kappa shape index (κ1) is 10.3. The molecule has 0 N–H and O–H groups in total. The average molecular weight is 181 g/mol. The third kappa shape index (κ3) is 2.13. The summed E-state index contributed by atoms with van der Waals surface area (Å²) >= 11 is 0. The minimum absolute atomic E-state index is 0.127. The van der Waals surface area contributed by atoms with Gasteiger partial charge >= 0.3 is 0 Å². The zero-order valence-corrected chi connectivity index (χ0v) is 9.04. The zero-order chi connectivity index (χ0) is 10.1. The van der Waals surface area contributed by atoms with Gasteiger partial charge in [0.05, 0.1) is 0 Å². The Morgan fingerprint density at radius 3 is 2.31 bits per heavy atom. The summed E-state index contributed by atoms with van der Waals surface area (Å²) in [6.45, 7) is 11.6. The lowest BCUT2D eigenvalue weighted by Gasteiger charge is -2.47. The van der Waals surface area contributed by atoms with Gasteiger partial charge in [-0.15, -0.1) is 0 Å². The predicted octanol–water partition coefficient (Wildman–Crippen LogP) is 1.27. The van der Waals surface area contributed by atoms with E-state index in [9.17, 15) is 0 Å². The van der Waals surface area contributed by atoms with Crippen molar-refractivity contribution in [2.75, 3.05) is 19.6 Å². The Morgan fingerprint density at radius 2 is 1.92 bits per heavy atom. The summed E-state index contributed by atoms with van der Waals surface area (Å²) in [7, 11) is 0. The fourth-order valence-electron chi connectivity index (χ4n) is 2.21. The van der Waals surface area contributed by atoms with Crippen molar-refractivity contribution < 1.29 is 0 Å². The number of hydrogen-bond donors (Lipinski definition) is 0. The smallest absolute Gasteiger partial charge is 0.179 e. The molecule has 0 bridgehead atoms. The lowest BCUT2D eigenvalue weighted by atomic mass is 9.97. The normalized spacial score (nSPS) is 23.2. The van der Waals surface area contributed by atoms with Gasteiger partial charge in [0.15, 0.2) is 6.19 Å². The maximum Gasteiger partial charge on any atom is 0.179 e. The van der Waals surface area contributed by atoms with Gasteiger partial charge in [-0.05, 0) is 27.7 Å². The van der Waals surface area contributed by atoms with Crippen LogP contribution in [0.4, 0.5) is 0 Å². The molecule has 3 nitrogen and oxygen atoms in total. The largest absolute Gasteiger partial charge is 0.308 e. The van der Waals surface area contributed by atoms with Crippen molar-refractivity contribution in [2.24, 2.45) is 0 Å². The van der Waals surface area contributed by atoms with E-state index in [2.05, 4.69) is 38.8 Å². The van der Waals surface area contributed by atoms with Crippen molar-refractivity contribution in [3.05, 3.63) is 0 Å². The molecule has 13 heavy (non-hydrogen) atoms. The van der Waals surface area contributed by atoms with E-state index in [1.807, 2.05) is 4.90 Å². The van der Waals surface area contributed by atoms with Gasteiger partial charge < -0.3 is 4.90 Å². The molecule has 0 saturated carbocycles. The fraction of sp³-hybridized carbons (Fsp3) is 0.900. The summed E-state index contributed by atoms with van der Waals surface area (Å²) in [4.78, 5) is 4.31. The Balaban J connectivity index is 2.68. The predicted molar refractivity (Wildman–Crippen MR) is 53.1 cm³/mol. The molecule has 0 unspecified atom stereocenters. The van der Waals surface area contributed by atoms with Gasteiger partial charge in [0.2, 0.25) is 0 Å². The van der Waals surface area contributed by atoms with E-state index in [1.165, 1.54) is 0 Å². The van der Waals surface area contributed by atoms with Crippen LogP contribution in [0.3, 0.4) is 0 Å². The molecule has 0 aromatic heterocycles. The van der Waals surface area contributed by atoms with Crippen molar-refractivity contribution in [2.45, 2.75) is 39.3 Å². The first-order valence-electron chi connectivity index (χ1n) is 4.89. The Labute approximate surface area is 80.9 Å². The molecule has 1 saturated heterocycles. The van der Waals surface area contributed by atoms with Gasteiger partial charge in [0, 0.05) is 31.2 Å². The van der Waals surface area contributed by atoms with Gasteiger partial charge in [-0.25, -0.2) is 0 Å². The molecule has 0 aromatic carbocycles. The summed E-state index contributed by atoms with van der Waals surface area (Å²) < 4.78 is 0. The SMILES string of the molecule is CC(C)N1CCN(C#N)CC1(C)C. The van der Waals surface area contributed by atoms with Crippen molar-refractivity contribution in [1.29, 1.82) is 5.26 Å². The number of nitrogens with zero attached hydrogens (tertiary/aromatic N) is 3. The van der Waals surface area contributed by atoms with Gasteiger partial charge in [-0.1, -0.05) is 0 Å². The summed E-state index contributed by atoms with van der Waals surface area (Å²) in [5, 5.41) is 8.81. The quantitative estimate of drug-likeness (QED) is 0.571. The van der Waals surface area contributed by atoms with E-state index in [0.717, 1.165) is 19.6 Å². The maximum atomic E-state index is 8.81. The van der Waals surface area contributed by atoms with E-state index in [0.29, 0.717) is 6.04 Å². The molecule has 0 radical (unpaired) electrons. The number of hydrogen-bond acceptors (Lipinski definition) is 3. The Hall–Kier alpha value is -0.750. The van der Waals surface area contributed by atoms with Crippen LogP contribution < -0.4 is 0 Å². The van der Waals surface area contributed by atoms with Crippen LogP contribution in [-0.4, -0.2) is 41.0 Å². The monoisotopic (exact) mass is 181 g/mol. The van der Waals surface area contributed by atoms with Crippen LogP contribution in [0, 0.1) is 11.5 Å². The summed E-state index contributed by atoms with van der Waals surface area (Å²) in [6.07, 6.45) is 2.23. The Kier molecular flexibility index (Phi) is 2.82. The van der Waals surface area contributed by atoms with Crippen LogP contribution >= 0.6 is 0 Å². The molecule has 3 heteroatoms. The zero-order valence-electron chi connectivity index (χ0n) is 9.04. The van der Waals surface area contributed by atoms with E-state index in [4.69, 9.17) is 5.26 Å². The van der Waals surface area contributed by atoms with Gasteiger partial charge in [0.1, 0.15) is 0 Å². The molecular formula is C10H19N3. The average Bonchev–Trinajstić information content (AvgIpc) is 2.01. The summed E-state index contributed by atoms with van der Waals surface area (Å²) in [5.74, 6) is 0. The number of nitriles is 1. The van der Waals surface area contributed by atoms with Gasteiger partial charge in [0.25, 0.3) is 0 Å². The van der Waals surface area contributed by atoms with Gasteiger partial charge in [-0.3, -0.25) is 4.90 Å². The fourth-order valence-corrected chi connectivity index (χ4v) is 2.21. The molecule has 1 aliphatic rings. The minimum Gasteiger partial charge on any atom is -0.308 e. The molecule has 0 aliphatic carbocycles. The van der Waals surface area contributed by atoms with Crippen molar-refractivity contribution in [1.82, 2.24) is 9.80 Å². The lowest BCUT2D eigenvalue weighted by Crippen LogP contribution is -2.60. The van der Waals surface area contributed by atoms with E-state index < -0.39 is 0 Å². The van der Waals surface area contributed by atoms with Crippen LogP contribution in [0.15, 0.2) is 0 Å². The van der Waals surface area contributed by atoms with Gasteiger partial charge in [-0.2, -0.15) is 5.26 Å². The second-order valence-electron chi connectivity index (χ2n) is 4.62. The molecule has 74 valence electrons. The number of piperazine rings is 1. The highest BCUT2D eigenvalue weighted by Gasteiger charge is 2.34. The molecule has 0 amide bonds. The molecule has 1 fully saturated rings. The highest BCUT2D eigenvalue weighted by Crippen LogP contribution is 2.22. The molecule has 0 spiro atoms. The minimum atomic E-state index is 0.127. The highest BCUT2D eigenvalue weighted by molar-refractivity contribution is 4.95. The standard InChI is InChI=1S/C10H19N3/c1-9(2)13-6-5-12(8-11)7-10(13,3)4/h9H,5-7H2,1-4H3. The molecule has 1 heterocycles. The summed E-state index contributed by atoms with van der Waals surface area (Å²) in [5.41, 5.74) is 0.127. The van der Waals surface area contributed by atoms with E-state index in [1.54, 1.807) is 0 Å². The Bertz CT molecular complexity index is 215. The maximum absolute atomic E-state index is 8.81. The van der Waals surface area contributed by atoms with Crippen molar-refractivity contribution >= 4 is 0 Å². The van der Waals surface area contributed by atoms with Crippen LogP contribution in [0.2, 0.25) is 0 Å². The highest BCUT2D eigenvalue weighted by atomic mass is 15.3. The summed E-state index contributed by atoms with van der Waals surface area (Å²) in [6, 6.07) is 0.566. The molecule has 1 aliphatic heterocycles.